The molecule has 0 aromatic heterocycles. The van der Waals surface area contributed by atoms with Gasteiger partial charge in [0.25, 0.3) is 5.91 Å². The van der Waals surface area contributed by atoms with Crippen molar-refractivity contribution in [2.75, 3.05) is 0 Å². The molecule has 4 nitrogen and oxygen atoms in total. The highest BCUT2D eigenvalue weighted by molar-refractivity contribution is 6.07. The molecule has 96 valence electrons. The predicted octanol–water partition coefficient (Wildman–Crippen LogP) is 1.81. The molecule has 17 heavy (non-hydrogen) atoms. The van der Waals surface area contributed by atoms with Crippen LogP contribution in [0.25, 0.3) is 0 Å². The smallest absolute Gasteiger partial charge is 0.254 e. The number of carbonyl (C=O) groups is 1. The first-order valence-corrected chi connectivity index (χ1v) is 6.50. The number of guanidine groups is 1. The summed E-state index contributed by atoms with van der Waals surface area (Å²) in [6.07, 6.45) is 3.96. The Bertz CT molecular complexity index is 346. The van der Waals surface area contributed by atoms with Gasteiger partial charge in [0, 0.05) is 5.54 Å². The van der Waals surface area contributed by atoms with Gasteiger partial charge in [-0.25, -0.2) is 4.99 Å². The molecule has 0 unspecified atom stereocenters. The molecule has 0 atom stereocenters. The van der Waals surface area contributed by atoms with Crippen LogP contribution in [0, 0.1) is 5.92 Å². The van der Waals surface area contributed by atoms with Crippen molar-refractivity contribution in [1.82, 2.24) is 10.6 Å². The van der Waals surface area contributed by atoms with Gasteiger partial charge in [0.2, 0.25) is 0 Å². The van der Waals surface area contributed by atoms with E-state index in [1.165, 1.54) is 0 Å². The number of hydrogen-bond acceptors (Lipinski definition) is 3. The third-order valence-corrected chi connectivity index (χ3v) is 3.58. The summed E-state index contributed by atoms with van der Waals surface area (Å²) >= 11 is 0. The lowest BCUT2D eigenvalue weighted by atomic mass is 9.77. The van der Waals surface area contributed by atoms with Gasteiger partial charge in [-0.2, -0.15) is 0 Å². The molecule has 1 fully saturated rings. The van der Waals surface area contributed by atoms with Crippen LogP contribution in [-0.4, -0.2) is 22.9 Å². The molecular formula is C13H23N3O. The number of amides is 1. The molecule has 1 aliphatic heterocycles. The molecule has 2 N–H and O–H groups in total. The van der Waals surface area contributed by atoms with E-state index >= 15 is 0 Å². The number of hydrogen-bond donors (Lipinski definition) is 2. The van der Waals surface area contributed by atoms with E-state index in [1.54, 1.807) is 0 Å². The highest BCUT2D eigenvalue weighted by atomic mass is 16.2. The fraction of sp³-hybridized carbons (Fsp3) is 0.846. The summed E-state index contributed by atoms with van der Waals surface area (Å²) in [4.78, 5) is 16.7. The molecule has 1 spiro atoms. The van der Waals surface area contributed by atoms with Crippen molar-refractivity contribution in [3.8, 4) is 0 Å². The van der Waals surface area contributed by atoms with Crippen LogP contribution in [0.2, 0.25) is 0 Å². The molecule has 2 aliphatic rings. The average molecular weight is 237 g/mol. The zero-order chi connectivity index (χ0) is 12.7. The molecule has 1 saturated carbocycles. The van der Waals surface area contributed by atoms with Gasteiger partial charge >= 0.3 is 0 Å². The van der Waals surface area contributed by atoms with Crippen molar-refractivity contribution >= 4 is 11.9 Å². The monoisotopic (exact) mass is 237 g/mol. The molecule has 0 aromatic carbocycles. The Kier molecular flexibility index (Phi) is 2.92. The topological polar surface area (TPSA) is 53.5 Å². The largest absolute Gasteiger partial charge is 0.351 e. The van der Waals surface area contributed by atoms with Gasteiger partial charge in [0.1, 0.15) is 5.54 Å². The Hall–Kier alpha value is -1.06. The summed E-state index contributed by atoms with van der Waals surface area (Å²) in [6.45, 7) is 8.44. The number of nitrogens with zero attached hydrogens (tertiary/aromatic N) is 1. The van der Waals surface area contributed by atoms with Gasteiger partial charge in [-0.15, -0.1) is 0 Å². The van der Waals surface area contributed by atoms with Gasteiger partial charge < -0.3 is 5.32 Å². The first-order valence-electron chi connectivity index (χ1n) is 6.50. The van der Waals surface area contributed by atoms with E-state index in [0.29, 0.717) is 5.96 Å². The maximum atomic E-state index is 12.1. The molecule has 4 heteroatoms. The van der Waals surface area contributed by atoms with E-state index in [9.17, 15) is 4.79 Å². The fourth-order valence-electron chi connectivity index (χ4n) is 2.51. The van der Waals surface area contributed by atoms with Crippen molar-refractivity contribution < 1.29 is 4.79 Å². The lowest BCUT2D eigenvalue weighted by Gasteiger charge is -2.30. The molecule has 2 rings (SSSR count). The quantitative estimate of drug-likeness (QED) is 0.675. The molecule has 0 aromatic rings. The Balaban J connectivity index is 2.11. The van der Waals surface area contributed by atoms with Gasteiger partial charge in [-0.1, -0.05) is 6.92 Å². The summed E-state index contributed by atoms with van der Waals surface area (Å²) in [7, 11) is 0. The lowest BCUT2D eigenvalue weighted by molar-refractivity contribution is -0.125. The van der Waals surface area contributed by atoms with Crippen LogP contribution < -0.4 is 10.6 Å². The second-order valence-electron chi connectivity index (χ2n) is 6.50. The molecule has 0 bridgehead atoms. The molecule has 1 amide bonds. The Labute approximate surface area is 103 Å². The van der Waals surface area contributed by atoms with E-state index in [0.717, 1.165) is 31.6 Å². The molecular weight excluding hydrogens is 214 g/mol. The Morgan fingerprint density at radius 1 is 1.35 bits per heavy atom. The summed E-state index contributed by atoms with van der Waals surface area (Å²) in [6, 6.07) is 0. The van der Waals surface area contributed by atoms with E-state index in [2.05, 4.69) is 43.3 Å². The molecule has 1 aliphatic carbocycles. The van der Waals surface area contributed by atoms with Crippen LogP contribution in [0.3, 0.4) is 0 Å². The number of carbonyl (C=O) groups excluding carboxylic acids is 1. The van der Waals surface area contributed by atoms with Crippen LogP contribution in [0.15, 0.2) is 4.99 Å². The zero-order valence-corrected chi connectivity index (χ0v) is 11.3. The third kappa shape index (κ3) is 2.61. The number of aliphatic imine (C=N–C) groups is 1. The maximum absolute atomic E-state index is 12.1. The summed E-state index contributed by atoms with van der Waals surface area (Å²) in [5.74, 6) is 1.46. The van der Waals surface area contributed by atoms with Crippen LogP contribution in [0.5, 0.6) is 0 Å². The van der Waals surface area contributed by atoms with Crippen molar-refractivity contribution in [3.05, 3.63) is 0 Å². The van der Waals surface area contributed by atoms with Gasteiger partial charge in [0.05, 0.1) is 0 Å². The van der Waals surface area contributed by atoms with Crippen LogP contribution in [0.4, 0.5) is 0 Å². The standard InChI is InChI=1S/C13H23N3O/c1-9-5-7-13(8-6-9)10(17)14-11(16-13)15-12(2,3)4/h9H,5-8H2,1-4H3,(H2,14,15,16,17). The normalized spacial score (nSPS) is 33.5. The van der Waals surface area contributed by atoms with E-state index in [-0.39, 0.29) is 11.4 Å². The number of nitrogens with one attached hydrogen (secondary N) is 2. The van der Waals surface area contributed by atoms with Crippen molar-refractivity contribution in [2.45, 2.75) is 64.5 Å². The molecule has 1 heterocycles. The first kappa shape index (κ1) is 12.4. The first-order chi connectivity index (χ1) is 7.81. The predicted molar refractivity (Wildman–Crippen MR) is 68.8 cm³/mol. The average Bonchev–Trinajstić information content (AvgIpc) is 2.46. The van der Waals surface area contributed by atoms with Crippen molar-refractivity contribution in [1.29, 1.82) is 0 Å². The van der Waals surface area contributed by atoms with Crippen molar-refractivity contribution in [2.24, 2.45) is 10.9 Å². The minimum Gasteiger partial charge on any atom is -0.351 e. The summed E-state index contributed by atoms with van der Waals surface area (Å²) < 4.78 is 0. The zero-order valence-electron chi connectivity index (χ0n) is 11.3. The second-order valence-corrected chi connectivity index (χ2v) is 6.50. The highest BCUT2D eigenvalue weighted by Crippen LogP contribution is 2.36. The van der Waals surface area contributed by atoms with Gasteiger partial charge in [0.15, 0.2) is 5.96 Å². The van der Waals surface area contributed by atoms with E-state index in [4.69, 9.17) is 0 Å². The summed E-state index contributed by atoms with van der Waals surface area (Å²) in [5.41, 5.74) is -0.542. The lowest BCUT2D eigenvalue weighted by Crippen LogP contribution is -2.48. The minimum atomic E-state index is -0.472. The van der Waals surface area contributed by atoms with Gasteiger partial charge in [-0.3, -0.25) is 10.1 Å². The molecule has 0 radical (unpaired) electrons. The Morgan fingerprint density at radius 2 is 1.94 bits per heavy atom. The second kappa shape index (κ2) is 4.00. The highest BCUT2D eigenvalue weighted by Gasteiger charge is 2.45. The van der Waals surface area contributed by atoms with E-state index < -0.39 is 5.54 Å². The van der Waals surface area contributed by atoms with Gasteiger partial charge in [-0.05, 0) is 52.4 Å². The van der Waals surface area contributed by atoms with E-state index in [1.807, 2.05) is 0 Å². The van der Waals surface area contributed by atoms with Crippen LogP contribution >= 0.6 is 0 Å². The summed E-state index contributed by atoms with van der Waals surface area (Å²) in [5, 5.41) is 6.14. The molecule has 0 saturated heterocycles. The maximum Gasteiger partial charge on any atom is 0.254 e. The fourth-order valence-corrected chi connectivity index (χ4v) is 2.51. The minimum absolute atomic E-state index is 0.0698. The number of rotatable bonds is 0. The van der Waals surface area contributed by atoms with Crippen molar-refractivity contribution in [3.63, 3.8) is 0 Å². The van der Waals surface area contributed by atoms with Crippen LogP contribution in [-0.2, 0) is 4.79 Å². The Morgan fingerprint density at radius 3 is 2.47 bits per heavy atom. The third-order valence-electron chi connectivity index (χ3n) is 3.58. The SMILES string of the molecule is CC1CCC2(CC1)N=C(NC(C)(C)C)NC2=O. The van der Waals surface area contributed by atoms with Crippen LogP contribution in [0.1, 0.15) is 53.4 Å².